The van der Waals surface area contributed by atoms with Crippen LogP contribution in [0, 0.1) is 19.7 Å². The van der Waals surface area contributed by atoms with Gasteiger partial charge in [0.25, 0.3) is 10.0 Å². The summed E-state index contributed by atoms with van der Waals surface area (Å²) in [5.41, 5.74) is 2.67. The highest BCUT2D eigenvalue weighted by molar-refractivity contribution is 7.92. The fraction of sp³-hybridized carbons (Fsp3) is 0.355. The number of aryl methyl sites for hydroxylation is 2. The van der Waals surface area contributed by atoms with Crippen molar-refractivity contribution in [2.45, 2.75) is 71.0 Å². The van der Waals surface area contributed by atoms with Gasteiger partial charge in [0.2, 0.25) is 11.8 Å². The summed E-state index contributed by atoms with van der Waals surface area (Å²) >= 11 is 0. The largest absolute Gasteiger partial charge is 0.352 e. The number of halogens is 1. The summed E-state index contributed by atoms with van der Waals surface area (Å²) in [6.45, 7) is 8.84. The second-order valence-electron chi connectivity index (χ2n) is 10.1. The standard InChI is InChI=1S/C31H38FN3O4S/c1-6-24(5)33-31(37)29(7-2)34(20-25-13-15-26(32)16-14-25)30(36)21-35(27-18-22(3)17-23(4)19-27)40(38,39)28-11-9-8-10-12-28/h8-19,24,29H,6-7,20-21H2,1-5H3,(H,33,37)/t24-,29-/m0/s1. The Morgan fingerprint density at radius 3 is 2.05 bits per heavy atom. The van der Waals surface area contributed by atoms with Gasteiger partial charge in [-0.15, -0.1) is 0 Å². The van der Waals surface area contributed by atoms with Crippen LogP contribution in [0.4, 0.5) is 10.1 Å². The molecule has 0 unspecified atom stereocenters. The molecule has 40 heavy (non-hydrogen) atoms. The van der Waals surface area contributed by atoms with E-state index in [0.29, 0.717) is 24.1 Å². The molecule has 214 valence electrons. The van der Waals surface area contributed by atoms with E-state index < -0.39 is 34.3 Å². The average molecular weight is 568 g/mol. The number of amides is 2. The smallest absolute Gasteiger partial charge is 0.264 e. The Bertz CT molecular complexity index is 1390. The van der Waals surface area contributed by atoms with Crippen LogP contribution in [0.1, 0.15) is 50.3 Å². The molecule has 3 rings (SSSR count). The lowest BCUT2D eigenvalue weighted by atomic mass is 10.1. The molecule has 2 amide bonds. The number of sulfonamides is 1. The van der Waals surface area contributed by atoms with Gasteiger partial charge in [0.1, 0.15) is 18.4 Å². The molecular formula is C31H38FN3O4S. The predicted molar refractivity (Wildman–Crippen MR) is 156 cm³/mol. The van der Waals surface area contributed by atoms with E-state index in [0.717, 1.165) is 15.4 Å². The van der Waals surface area contributed by atoms with Crippen LogP contribution in [0.15, 0.2) is 77.7 Å². The lowest BCUT2D eigenvalue weighted by Gasteiger charge is -2.34. The first-order valence-corrected chi connectivity index (χ1v) is 14.9. The van der Waals surface area contributed by atoms with Gasteiger partial charge in [-0.2, -0.15) is 0 Å². The van der Waals surface area contributed by atoms with Crippen molar-refractivity contribution in [1.82, 2.24) is 10.2 Å². The first kappa shape index (κ1) is 30.8. The number of nitrogens with zero attached hydrogens (tertiary/aromatic N) is 2. The molecule has 0 bridgehead atoms. The third-order valence-corrected chi connectivity index (χ3v) is 8.55. The topological polar surface area (TPSA) is 86.8 Å². The Labute approximate surface area is 237 Å². The molecule has 0 spiro atoms. The summed E-state index contributed by atoms with van der Waals surface area (Å²) in [6.07, 6.45) is 1.02. The van der Waals surface area contributed by atoms with E-state index in [2.05, 4.69) is 5.32 Å². The van der Waals surface area contributed by atoms with Crippen LogP contribution in [0.2, 0.25) is 0 Å². The molecule has 0 aliphatic carbocycles. The third kappa shape index (κ3) is 7.69. The molecule has 3 aromatic carbocycles. The molecule has 0 radical (unpaired) electrons. The summed E-state index contributed by atoms with van der Waals surface area (Å²) < 4.78 is 42.5. The van der Waals surface area contributed by atoms with E-state index in [9.17, 15) is 22.4 Å². The zero-order valence-corrected chi connectivity index (χ0v) is 24.5. The Hall–Kier alpha value is -3.72. The molecule has 0 aliphatic heterocycles. The molecule has 7 nitrogen and oxygen atoms in total. The Morgan fingerprint density at radius 2 is 1.50 bits per heavy atom. The summed E-state index contributed by atoms with van der Waals surface area (Å²) in [5, 5.41) is 2.94. The van der Waals surface area contributed by atoms with Crippen LogP contribution >= 0.6 is 0 Å². The van der Waals surface area contributed by atoms with Gasteiger partial charge in [-0.05, 0) is 86.7 Å². The monoisotopic (exact) mass is 567 g/mol. The van der Waals surface area contributed by atoms with E-state index in [1.807, 2.05) is 33.8 Å². The summed E-state index contributed by atoms with van der Waals surface area (Å²) in [7, 11) is -4.13. The highest BCUT2D eigenvalue weighted by atomic mass is 32.2. The second kappa shape index (κ2) is 13.6. The fourth-order valence-electron chi connectivity index (χ4n) is 4.49. The van der Waals surface area contributed by atoms with Gasteiger partial charge in [-0.1, -0.05) is 50.2 Å². The van der Waals surface area contributed by atoms with Crippen LogP contribution in [-0.4, -0.2) is 43.8 Å². The normalized spacial score (nSPS) is 12.8. The molecule has 0 saturated heterocycles. The van der Waals surface area contributed by atoms with E-state index in [4.69, 9.17) is 0 Å². The maximum atomic E-state index is 14.1. The number of nitrogens with one attached hydrogen (secondary N) is 1. The molecule has 0 fully saturated rings. The first-order chi connectivity index (χ1) is 19.0. The van der Waals surface area contributed by atoms with Crippen LogP contribution in [0.25, 0.3) is 0 Å². The SMILES string of the molecule is CC[C@H](C)NC(=O)[C@H](CC)N(Cc1ccc(F)cc1)C(=O)CN(c1cc(C)cc(C)c1)S(=O)(=O)c1ccccc1. The maximum absolute atomic E-state index is 14.1. The average Bonchev–Trinajstić information content (AvgIpc) is 2.92. The molecule has 0 heterocycles. The highest BCUT2D eigenvalue weighted by Gasteiger charge is 2.34. The minimum Gasteiger partial charge on any atom is -0.352 e. The predicted octanol–water partition coefficient (Wildman–Crippen LogP) is 5.36. The van der Waals surface area contributed by atoms with Gasteiger partial charge in [-0.3, -0.25) is 13.9 Å². The molecule has 9 heteroatoms. The van der Waals surface area contributed by atoms with Gasteiger partial charge >= 0.3 is 0 Å². The number of carbonyl (C=O) groups excluding carboxylic acids is 2. The summed E-state index contributed by atoms with van der Waals surface area (Å²) in [6, 6.07) is 18.0. The van der Waals surface area contributed by atoms with Gasteiger partial charge < -0.3 is 10.2 Å². The fourth-order valence-corrected chi connectivity index (χ4v) is 5.91. The van der Waals surface area contributed by atoms with Gasteiger partial charge in [0, 0.05) is 12.6 Å². The van der Waals surface area contributed by atoms with E-state index in [1.54, 1.807) is 49.4 Å². The van der Waals surface area contributed by atoms with Crippen molar-refractivity contribution < 1.29 is 22.4 Å². The number of hydrogen-bond acceptors (Lipinski definition) is 4. The number of carbonyl (C=O) groups is 2. The van der Waals surface area contributed by atoms with Crippen molar-refractivity contribution in [1.29, 1.82) is 0 Å². The van der Waals surface area contributed by atoms with E-state index in [-0.39, 0.29) is 23.4 Å². The number of hydrogen-bond donors (Lipinski definition) is 1. The van der Waals surface area contributed by atoms with Crippen molar-refractivity contribution in [2.24, 2.45) is 0 Å². The van der Waals surface area contributed by atoms with Crippen molar-refractivity contribution in [3.8, 4) is 0 Å². The molecular weight excluding hydrogens is 529 g/mol. The molecule has 0 aliphatic rings. The van der Waals surface area contributed by atoms with Crippen molar-refractivity contribution in [3.63, 3.8) is 0 Å². The van der Waals surface area contributed by atoms with E-state index in [1.165, 1.54) is 29.2 Å². The molecule has 0 saturated carbocycles. The quantitative estimate of drug-likeness (QED) is 0.319. The van der Waals surface area contributed by atoms with Crippen LogP contribution in [-0.2, 0) is 26.2 Å². The molecule has 3 aromatic rings. The van der Waals surface area contributed by atoms with Crippen molar-refractivity contribution in [2.75, 3.05) is 10.8 Å². The number of rotatable bonds is 12. The Kier molecular flexibility index (Phi) is 10.5. The van der Waals surface area contributed by atoms with Gasteiger partial charge in [-0.25, -0.2) is 12.8 Å². The summed E-state index contributed by atoms with van der Waals surface area (Å²) in [4.78, 5) is 28.8. The second-order valence-corrected chi connectivity index (χ2v) is 11.9. The third-order valence-electron chi connectivity index (χ3n) is 6.76. The molecule has 1 N–H and O–H groups in total. The maximum Gasteiger partial charge on any atom is 0.264 e. The first-order valence-electron chi connectivity index (χ1n) is 13.5. The lowest BCUT2D eigenvalue weighted by molar-refractivity contribution is -0.140. The Balaban J connectivity index is 2.07. The van der Waals surface area contributed by atoms with Crippen molar-refractivity contribution >= 4 is 27.5 Å². The molecule has 0 aromatic heterocycles. The van der Waals surface area contributed by atoms with Crippen LogP contribution in [0.5, 0.6) is 0 Å². The summed E-state index contributed by atoms with van der Waals surface area (Å²) in [5.74, 6) is -1.29. The van der Waals surface area contributed by atoms with Gasteiger partial charge in [0.05, 0.1) is 10.6 Å². The Morgan fingerprint density at radius 1 is 0.900 bits per heavy atom. The zero-order valence-electron chi connectivity index (χ0n) is 23.7. The minimum atomic E-state index is -4.13. The highest BCUT2D eigenvalue weighted by Crippen LogP contribution is 2.27. The van der Waals surface area contributed by atoms with Gasteiger partial charge in [0.15, 0.2) is 0 Å². The lowest BCUT2D eigenvalue weighted by Crippen LogP contribution is -2.53. The minimum absolute atomic E-state index is 0.0115. The number of benzene rings is 3. The van der Waals surface area contributed by atoms with E-state index >= 15 is 0 Å². The van der Waals surface area contributed by atoms with Crippen LogP contribution in [0.3, 0.4) is 0 Å². The zero-order chi connectivity index (χ0) is 29.4. The van der Waals surface area contributed by atoms with Crippen molar-refractivity contribution in [3.05, 3.63) is 95.3 Å². The number of anilines is 1. The molecule has 2 atom stereocenters. The van der Waals surface area contributed by atoms with Crippen LogP contribution < -0.4 is 9.62 Å².